The Labute approximate surface area is 108 Å². The SMILES string of the molecule is CC(C)c1ccc(C2CC=C(C(=O)O)CC2)cc1. The summed E-state index contributed by atoms with van der Waals surface area (Å²) in [5, 5.41) is 8.92. The van der Waals surface area contributed by atoms with E-state index >= 15 is 0 Å². The minimum absolute atomic E-state index is 0.481. The molecule has 2 nitrogen and oxygen atoms in total. The normalized spacial score (nSPS) is 19.7. The van der Waals surface area contributed by atoms with E-state index in [0.29, 0.717) is 23.8 Å². The van der Waals surface area contributed by atoms with Gasteiger partial charge in [-0.05, 0) is 42.2 Å². The molecule has 0 aromatic heterocycles. The first-order valence-electron chi connectivity index (χ1n) is 6.60. The predicted molar refractivity (Wildman–Crippen MR) is 72.8 cm³/mol. The molecule has 96 valence electrons. The maximum absolute atomic E-state index is 10.8. The largest absolute Gasteiger partial charge is 0.478 e. The molecule has 1 aromatic rings. The standard InChI is InChI=1S/C16H20O2/c1-11(2)12-3-5-13(6-4-12)14-7-9-15(10-8-14)16(17)18/h3-6,9,11,14H,7-8,10H2,1-2H3,(H,17,18). The number of benzene rings is 1. The average Bonchev–Trinajstić information content (AvgIpc) is 2.39. The molecule has 0 saturated heterocycles. The minimum Gasteiger partial charge on any atom is -0.478 e. The highest BCUT2D eigenvalue weighted by Gasteiger charge is 2.19. The molecule has 2 heteroatoms. The Morgan fingerprint density at radius 1 is 1.28 bits per heavy atom. The fraction of sp³-hybridized carbons (Fsp3) is 0.438. The van der Waals surface area contributed by atoms with Gasteiger partial charge in [0.1, 0.15) is 0 Å². The van der Waals surface area contributed by atoms with Crippen molar-refractivity contribution >= 4 is 5.97 Å². The third kappa shape index (κ3) is 2.81. The number of allylic oxidation sites excluding steroid dienone is 1. The van der Waals surface area contributed by atoms with E-state index in [-0.39, 0.29) is 0 Å². The molecule has 2 rings (SSSR count). The lowest BCUT2D eigenvalue weighted by Gasteiger charge is -2.21. The number of carboxylic acids is 1. The monoisotopic (exact) mass is 244 g/mol. The Morgan fingerprint density at radius 2 is 1.94 bits per heavy atom. The molecule has 1 atom stereocenters. The first kappa shape index (κ1) is 12.9. The summed E-state index contributed by atoms with van der Waals surface area (Å²) in [6.07, 6.45) is 4.36. The van der Waals surface area contributed by atoms with E-state index < -0.39 is 5.97 Å². The van der Waals surface area contributed by atoms with Crippen LogP contribution in [-0.2, 0) is 4.79 Å². The van der Waals surface area contributed by atoms with Crippen LogP contribution in [0.15, 0.2) is 35.9 Å². The van der Waals surface area contributed by atoms with Gasteiger partial charge in [0.15, 0.2) is 0 Å². The number of aliphatic carboxylic acids is 1. The summed E-state index contributed by atoms with van der Waals surface area (Å²) in [7, 11) is 0. The van der Waals surface area contributed by atoms with Gasteiger partial charge in [0, 0.05) is 5.57 Å². The zero-order valence-electron chi connectivity index (χ0n) is 11.0. The second-order valence-electron chi connectivity index (χ2n) is 5.33. The van der Waals surface area contributed by atoms with Crippen molar-refractivity contribution in [1.82, 2.24) is 0 Å². The van der Waals surface area contributed by atoms with Gasteiger partial charge in [-0.1, -0.05) is 44.2 Å². The number of carboxylic acid groups (broad SMARTS) is 1. The van der Waals surface area contributed by atoms with E-state index in [9.17, 15) is 4.79 Å². The summed E-state index contributed by atoms with van der Waals surface area (Å²) in [6, 6.07) is 8.77. The molecule has 18 heavy (non-hydrogen) atoms. The van der Waals surface area contributed by atoms with Crippen molar-refractivity contribution in [2.75, 3.05) is 0 Å². The molecule has 1 aliphatic carbocycles. The highest BCUT2D eigenvalue weighted by atomic mass is 16.4. The summed E-state index contributed by atoms with van der Waals surface area (Å²) in [6.45, 7) is 4.38. The van der Waals surface area contributed by atoms with Crippen LogP contribution in [0, 0.1) is 0 Å². The Balaban J connectivity index is 2.08. The first-order chi connectivity index (χ1) is 8.58. The van der Waals surface area contributed by atoms with E-state index in [0.717, 1.165) is 12.8 Å². The van der Waals surface area contributed by atoms with Gasteiger partial charge in [0.05, 0.1) is 0 Å². The molecule has 0 radical (unpaired) electrons. The van der Waals surface area contributed by atoms with Crippen LogP contribution < -0.4 is 0 Å². The number of hydrogen-bond acceptors (Lipinski definition) is 1. The highest BCUT2D eigenvalue weighted by molar-refractivity contribution is 5.86. The van der Waals surface area contributed by atoms with Gasteiger partial charge < -0.3 is 5.11 Å². The molecule has 0 aliphatic heterocycles. The molecular weight excluding hydrogens is 224 g/mol. The van der Waals surface area contributed by atoms with Crippen LogP contribution in [0.1, 0.15) is 56.1 Å². The smallest absolute Gasteiger partial charge is 0.331 e. The maximum atomic E-state index is 10.8. The van der Waals surface area contributed by atoms with Gasteiger partial charge in [-0.25, -0.2) is 4.79 Å². The molecular formula is C16H20O2. The van der Waals surface area contributed by atoms with Crippen LogP contribution in [0.5, 0.6) is 0 Å². The molecule has 0 heterocycles. The summed E-state index contributed by atoms with van der Waals surface area (Å²) in [4.78, 5) is 10.8. The van der Waals surface area contributed by atoms with E-state index in [1.807, 2.05) is 6.08 Å². The Kier molecular flexibility index (Phi) is 3.85. The lowest BCUT2D eigenvalue weighted by Crippen LogP contribution is -2.09. The van der Waals surface area contributed by atoms with Crippen molar-refractivity contribution in [3.63, 3.8) is 0 Å². The summed E-state index contributed by atoms with van der Waals surface area (Å²) in [5.74, 6) is 0.279. The van der Waals surface area contributed by atoms with Crippen molar-refractivity contribution in [3.05, 3.63) is 47.0 Å². The second-order valence-corrected chi connectivity index (χ2v) is 5.33. The number of rotatable bonds is 3. The Bertz CT molecular complexity index is 454. The van der Waals surface area contributed by atoms with Crippen molar-refractivity contribution in [2.45, 2.75) is 44.9 Å². The summed E-state index contributed by atoms with van der Waals surface area (Å²) < 4.78 is 0. The zero-order chi connectivity index (χ0) is 13.1. The first-order valence-corrected chi connectivity index (χ1v) is 6.60. The van der Waals surface area contributed by atoms with Crippen LogP contribution in [0.25, 0.3) is 0 Å². The Morgan fingerprint density at radius 3 is 2.39 bits per heavy atom. The molecule has 1 aromatic carbocycles. The minimum atomic E-state index is -0.761. The van der Waals surface area contributed by atoms with E-state index in [4.69, 9.17) is 5.11 Å². The third-order valence-corrected chi connectivity index (χ3v) is 3.76. The molecule has 1 aliphatic rings. The Hall–Kier alpha value is -1.57. The fourth-order valence-corrected chi connectivity index (χ4v) is 2.48. The van der Waals surface area contributed by atoms with Crippen LogP contribution >= 0.6 is 0 Å². The topological polar surface area (TPSA) is 37.3 Å². The number of carbonyl (C=O) groups is 1. The van der Waals surface area contributed by atoms with Gasteiger partial charge in [0.2, 0.25) is 0 Å². The molecule has 0 spiro atoms. The van der Waals surface area contributed by atoms with Crippen LogP contribution in [0.4, 0.5) is 0 Å². The summed E-state index contributed by atoms with van der Waals surface area (Å²) in [5.41, 5.74) is 3.27. The molecule has 1 N–H and O–H groups in total. The van der Waals surface area contributed by atoms with Gasteiger partial charge in [-0.15, -0.1) is 0 Å². The fourth-order valence-electron chi connectivity index (χ4n) is 2.48. The van der Waals surface area contributed by atoms with Crippen LogP contribution in [-0.4, -0.2) is 11.1 Å². The van der Waals surface area contributed by atoms with Crippen molar-refractivity contribution < 1.29 is 9.90 Å². The van der Waals surface area contributed by atoms with Crippen molar-refractivity contribution in [2.24, 2.45) is 0 Å². The zero-order valence-corrected chi connectivity index (χ0v) is 11.0. The van der Waals surface area contributed by atoms with Gasteiger partial charge in [0.25, 0.3) is 0 Å². The molecule has 0 bridgehead atoms. The lowest BCUT2D eigenvalue weighted by molar-refractivity contribution is -0.132. The second kappa shape index (κ2) is 5.38. The quantitative estimate of drug-likeness (QED) is 0.869. The maximum Gasteiger partial charge on any atom is 0.331 e. The molecule has 0 saturated carbocycles. The van der Waals surface area contributed by atoms with Gasteiger partial charge in [-0.3, -0.25) is 0 Å². The average molecular weight is 244 g/mol. The third-order valence-electron chi connectivity index (χ3n) is 3.76. The summed E-state index contributed by atoms with van der Waals surface area (Å²) >= 11 is 0. The molecule has 0 amide bonds. The highest BCUT2D eigenvalue weighted by Crippen LogP contribution is 2.32. The van der Waals surface area contributed by atoms with Crippen molar-refractivity contribution in [1.29, 1.82) is 0 Å². The molecule has 1 unspecified atom stereocenters. The van der Waals surface area contributed by atoms with Gasteiger partial charge >= 0.3 is 5.97 Å². The van der Waals surface area contributed by atoms with Crippen LogP contribution in [0.2, 0.25) is 0 Å². The number of hydrogen-bond donors (Lipinski definition) is 1. The van der Waals surface area contributed by atoms with Gasteiger partial charge in [-0.2, -0.15) is 0 Å². The predicted octanol–water partition coefficient (Wildman–Crippen LogP) is 4.09. The van der Waals surface area contributed by atoms with Crippen molar-refractivity contribution in [3.8, 4) is 0 Å². The van der Waals surface area contributed by atoms with Crippen LogP contribution in [0.3, 0.4) is 0 Å². The van der Waals surface area contributed by atoms with E-state index in [2.05, 4.69) is 38.1 Å². The van der Waals surface area contributed by atoms with E-state index in [1.165, 1.54) is 11.1 Å². The van der Waals surface area contributed by atoms with E-state index in [1.54, 1.807) is 0 Å². The molecule has 0 fully saturated rings. The lowest BCUT2D eigenvalue weighted by atomic mass is 9.84.